The molecular formula is C10H14N2O3. The molecule has 5 nitrogen and oxygen atoms in total. The van der Waals surface area contributed by atoms with Gasteiger partial charge >= 0.3 is 0 Å². The third kappa shape index (κ3) is 2.36. The van der Waals surface area contributed by atoms with E-state index in [1.807, 2.05) is 0 Å². The average molecular weight is 210 g/mol. The molecule has 1 atom stereocenters. The van der Waals surface area contributed by atoms with Crippen molar-refractivity contribution in [2.75, 3.05) is 19.8 Å². The molecule has 1 aliphatic rings. The number of carbonyl (C=O) groups excluding carboxylic acids is 1. The van der Waals surface area contributed by atoms with Crippen molar-refractivity contribution in [1.82, 2.24) is 10.5 Å². The van der Waals surface area contributed by atoms with Gasteiger partial charge in [-0.3, -0.25) is 4.79 Å². The van der Waals surface area contributed by atoms with Gasteiger partial charge in [-0.2, -0.15) is 0 Å². The Morgan fingerprint density at radius 2 is 2.60 bits per heavy atom. The van der Waals surface area contributed by atoms with E-state index >= 15 is 0 Å². The molecule has 1 fully saturated rings. The summed E-state index contributed by atoms with van der Waals surface area (Å²) in [5.41, 5.74) is 1.13. The fraction of sp³-hybridized carbons (Fsp3) is 0.600. The quantitative estimate of drug-likeness (QED) is 0.799. The molecule has 1 N–H and O–H groups in total. The largest absolute Gasteiger partial charge is 0.381 e. The number of carbonyl (C=O) groups is 1. The molecule has 0 saturated carbocycles. The number of rotatable bonds is 3. The highest BCUT2D eigenvalue weighted by atomic mass is 16.5. The lowest BCUT2D eigenvalue weighted by Crippen LogP contribution is -2.30. The summed E-state index contributed by atoms with van der Waals surface area (Å²) in [6, 6.07) is 0. The van der Waals surface area contributed by atoms with E-state index in [1.165, 1.54) is 6.26 Å². The average Bonchev–Trinajstić information content (AvgIpc) is 2.84. The molecule has 1 aliphatic heterocycles. The molecule has 15 heavy (non-hydrogen) atoms. The monoisotopic (exact) mass is 210 g/mol. The maximum atomic E-state index is 11.6. The SMILES string of the molecule is Cc1conc1C(=O)NCC1CCOC1. The van der Waals surface area contributed by atoms with E-state index in [0.717, 1.165) is 25.2 Å². The first-order valence-corrected chi connectivity index (χ1v) is 5.04. The number of amides is 1. The van der Waals surface area contributed by atoms with E-state index < -0.39 is 0 Å². The predicted octanol–water partition coefficient (Wildman–Crippen LogP) is 0.749. The first-order chi connectivity index (χ1) is 7.27. The zero-order chi connectivity index (χ0) is 10.7. The zero-order valence-electron chi connectivity index (χ0n) is 8.66. The Balaban J connectivity index is 1.84. The van der Waals surface area contributed by atoms with Crippen molar-refractivity contribution in [3.05, 3.63) is 17.5 Å². The minimum absolute atomic E-state index is 0.173. The summed E-state index contributed by atoms with van der Waals surface area (Å²) < 4.78 is 9.92. The van der Waals surface area contributed by atoms with Crippen LogP contribution in [0.3, 0.4) is 0 Å². The van der Waals surface area contributed by atoms with Crippen molar-refractivity contribution < 1.29 is 14.1 Å². The van der Waals surface area contributed by atoms with E-state index in [1.54, 1.807) is 6.92 Å². The summed E-state index contributed by atoms with van der Waals surface area (Å²) in [5, 5.41) is 6.47. The van der Waals surface area contributed by atoms with Crippen LogP contribution in [-0.2, 0) is 4.74 Å². The Morgan fingerprint density at radius 1 is 1.73 bits per heavy atom. The highest BCUT2D eigenvalue weighted by Gasteiger charge is 2.18. The number of aryl methyl sites for hydroxylation is 1. The number of hydrogen-bond donors (Lipinski definition) is 1. The van der Waals surface area contributed by atoms with Crippen LogP contribution < -0.4 is 5.32 Å². The molecule has 1 unspecified atom stereocenters. The van der Waals surface area contributed by atoms with Gasteiger partial charge in [-0.15, -0.1) is 0 Å². The number of hydrogen-bond acceptors (Lipinski definition) is 4. The second kappa shape index (κ2) is 4.44. The van der Waals surface area contributed by atoms with Crippen LogP contribution in [0.15, 0.2) is 10.8 Å². The minimum Gasteiger partial charge on any atom is -0.381 e. The van der Waals surface area contributed by atoms with Crippen LogP contribution in [0.1, 0.15) is 22.5 Å². The molecular weight excluding hydrogens is 196 g/mol. The summed E-state index contributed by atoms with van der Waals surface area (Å²) in [6.45, 7) is 3.97. The number of aromatic nitrogens is 1. The maximum absolute atomic E-state index is 11.6. The van der Waals surface area contributed by atoms with Gasteiger partial charge < -0.3 is 14.6 Å². The number of ether oxygens (including phenoxy) is 1. The molecule has 0 aliphatic carbocycles. The maximum Gasteiger partial charge on any atom is 0.273 e. The van der Waals surface area contributed by atoms with E-state index in [0.29, 0.717) is 18.2 Å². The van der Waals surface area contributed by atoms with Crippen molar-refractivity contribution in [3.8, 4) is 0 Å². The molecule has 2 rings (SSSR count). The van der Waals surface area contributed by atoms with Crippen molar-refractivity contribution in [2.45, 2.75) is 13.3 Å². The standard InChI is InChI=1S/C10H14N2O3/c1-7-5-15-12-9(7)10(13)11-4-8-2-3-14-6-8/h5,8H,2-4,6H2,1H3,(H,11,13). The van der Waals surface area contributed by atoms with Crippen molar-refractivity contribution in [3.63, 3.8) is 0 Å². The Bertz CT molecular complexity index is 342. The summed E-state index contributed by atoms with van der Waals surface area (Å²) in [6.07, 6.45) is 2.48. The lowest BCUT2D eigenvalue weighted by molar-refractivity contribution is 0.0935. The fourth-order valence-corrected chi connectivity index (χ4v) is 1.57. The van der Waals surface area contributed by atoms with Crippen LogP contribution in [0.4, 0.5) is 0 Å². The van der Waals surface area contributed by atoms with Crippen molar-refractivity contribution in [1.29, 1.82) is 0 Å². The molecule has 0 bridgehead atoms. The van der Waals surface area contributed by atoms with Crippen LogP contribution in [0.25, 0.3) is 0 Å². The van der Waals surface area contributed by atoms with Crippen LogP contribution in [0, 0.1) is 12.8 Å². The summed E-state index contributed by atoms with van der Waals surface area (Å²) >= 11 is 0. The topological polar surface area (TPSA) is 64.4 Å². The smallest absolute Gasteiger partial charge is 0.273 e. The van der Waals surface area contributed by atoms with E-state index in [2.05, 4.69) is 10.5 Å². The van der Waals surface area contributed by atoms with Gasteiger partial charge in [-0.1, -0.05) is 5.16 Å². The molecule has 1 aromatic heterocycles. The van der Waals surface area contributed by atoms with Gasteiger partial charge in [0, 0.05) is 24.6 Å². The lowest BCUT2D eigenvalue weighted by atomic mass is 10.1. The van der Waals surface area contributed by atoms with E-state index in [9.17, 15) is 4.79 Å². The second-order valence-electron chi connectivity index (χ2n) is 3.79. The first kappa shape index (κ1) is 10.2. The fourth-order valence-electron chi connectivity index (χ4n) is 1.57. The molecule has 2 heterocycles. The Hall–Kier alpha value is -1.36. The summed E-state index contributed by atoms with van der Waals surface area (Å²) in [4.78, 5) is 11.6. The number of nitrogens with one attached hydrogen (secondary N) is 1. The van der Waals surface area contributed by atoms with Gasteiger partial charge in [0.05, 0.1) is 6.61 Å². The summed E-state index contributed by atoms with van der Waals surface area (Å²) in [5.74, 6) is 0.259. The highest BCUT2D eigenvalue weighted by Crippen LogP contribution is 2.11. The van der Waals surface area contributed by atoms with Crippen LogP contribution in [0.5, 0.6) is 0 Å². The molecule has 5 heteroatoms. The van der Waals surface area contributed by atoms with Crippen LogP contribution in [-0.4, -0.2) is 30.8 Å². The Labute approximate surface area is 87.8 Å². The zero-order valence-corrected chi connectivity index (χ0v) is 8.66. The third-order valence-corrected chi connectivity index (χ3v) is 2.54. The third-order valence-electron chi connectivity index (χ3n) is 2.54. The van der Waals surface area contributed by atoms with Gasteiger partial charge in [0.15, 0.2) is 5.69 Å². The summed E-state index contributed by atoms with van der Waals surface area (Å²) in [7, 11) is 0. The van der Waals surface area contributed by atoms with Gasteiger partial charge in [0.1, 0.15) is 6.26 Å². The second-order valence-corrected chi connectivity index (χ2v) is 3.79. The normalized spacial score (nSPS) is 20.5. The van der Waals surface area contributed by atoms with Crippen LogP contribution in [0.2, 0.25) is 0 Å². The van der Waals surface area contributed by atoms with Crippen molar-refractivity contribution in [2.24, 2.45) is 5.92 Å². The van der Waals surface area contributed by atoms with Gasteiger partial charge in [0.2, 0.25) is 0 Å². The molecule has 82 valence electrons. The van der Waals surface area contributed by atoms with Gasteiger partial charge in [-0.25, -0.2) is 0 Å². The van der Waals surface area contributed by atoms with Crippen LogP contribution >= 0.6 is 0 Å². The molecule has 1 aromatic rings. The first-order valence-electron chi connectivity index (χ1n) is 5.04. The predicted molar refractivity (Wildman–Crippen MR) is 52.5 cm³/mol. The molecule has 1 saturated heterocycles. The molecule has 1 amide bonds. The number of nitrogens with zero attached hydrogens (tertiary/aromatic N) is 1. The minimum atomic E-state index is -0.173. The van der Waals surface area contributed by atoms with Gasteiger partial charge in [0.25, 0.3) is 5.91 Å². The molecule has 0 radical (unpaired) electrons. The lowest BCUT2D eigenvalue weighted by Gasteiger charge is -2.07. The molecule has 0 aromatic carbocycles. The highest BCUT2D eigenvalue weighted by molar-refractivity contribution is 5.93. The van der Waals surface area contributed by atoms with E-state index in [-0.39, 0.29) is 5.91 Å². The van der Waals surface area contributed by atoms with Crippen molar-refractivity contribution >= 4 is 5.91 Å². The van der Waals surface area contributed by atoms with E-state index in [4.69, 9.17) is 9.26 Å². The Morgan fingerprint density at radius 3 is 3.20 bits per heavy atom. The van der Waals surface area contributed by atoms with Gasteiger partial charge in [-0.05, 0) is 13.3 Å². The molecule has 0 spiro atoms. The Kier molecular flexibility index (Phi) is 3.01.